The summed E-state index contributed by atoms with van der Waals surface area (Å²) in [5.41, 5.74) is 2.54. The molecule has 0 bridgehead atoms. The Hall–Kier alpha value is -2.90. The number of nitrogens with one attached hydrogen (secondary N) is 1. The summed E-state index contributed by atoms with van der Waals surface area (Å²) in [5.74, 6) is 0.213. The van der Waals surface area contributed by atoms with E-state index in [1.807, 2.05) is 48.5 Å². The molecule has 0 aliphatic carbocycles. The van der Waals surface area contributed by atoms with Gasteiger partial charge in [0.15, 0.2) is 5.17 Å². The molecule has 1 aliphatic heterocycles. The SMILES string of the molecule is O=C1NC(=Nc2ccc(F)cc2)S/C1=C/c1ccc(OCc2ccc(Br)cc2)cc1. The second-order valence-corrected chi connectivity index (χ2v) is 8.39. The molecule has 1 N–H and O–H groups in total. The van der Waals surface area contributed by atoms with Crippen LogP contribution in [0.15, 0.2) is 87.2 Å². The van der Waals surface area contributed by atoms with Crippen LogP contribution in [0, 0.1) is 5.82 Å². The van der Waals surface area contributed by atoms with Crippen molar-refractivity contribution < 1.29 is 13.9 Å². The van der Waals surface area contributed by atoms with Crippen molar-refractivity contribution in [1.29, 1.82) is 0 Å². The molecule has 30 heavy (non-hydrogen) atoms. The normalized spacial score (nSPS) is 16.1. The molecular weight excluding hydrogens is 467 g/mol. The van der Waals surface area contributed by atoms with E-state index in [0.717, 1.165) is 21.3 Å². The van der Waals surface area contributed by atoms with Crippen LogP contribution < -0.4 is 10.1 Å². The van der Waals surface area contributed by atoms with Crippen LogP contribution in [0.3, 0.4) is 0 Å². The topological polar surface area (TPSA) is 50.7 Å². The maximum atomic E-state index is 13.0. The van der Waals surface area contributed by atoms with Crippen LogP contribution in [0.5, 0.6) is 5.75 Å². The van der Waals surface area contributed by atoms with E-state index in [9.17, 15) is 9.18 Å². The Morgan fingerprint density at radius 2 is 1.70 bits per heavy atom. The molecule has 4 nitrogen and oxygen atoms in total. The van der Waals surface area contributed by atoms with Gasteiger partial charge < -0.3 is 10.1 Å². The van der Waals surface area contributed by atoms with Crippen molar-refractivity contribution in [3.05, 3.63) is 99.1 Å². The number of rotatable bonds is 5. The highest BCUT2D eigenvalue weighted by Gasteiger charge is 2.23. The highest BCUT2D eigenvalue weighted by Crippen LogP contribution is 2.28. The molecule has 0 saturated carbocycles. The van der Waals surface area contributed by atoms with Gasteiger partial charge >= 0.3 is 0 Å². The smallest absolute Gasteiger partial charge is 0.264 e. The molecular formula is C23H16BrFN2O2S. The largest absolute Gasteiger partial charge is 0.489 e. The summed E-state index contributed by atoms with van der Waals surface area (Å²) in [6, 6.07) is 21.3. The van der Waals surface area contributed by atoms with Crippen molar-refractivity contribution in [2.45, 2.75) is 6.61 Å². The van der Waals surface area contributed by atoms with Crippen molar-refractivity contribution in [3.63, 3.8) is 0 Å². The van der Waals surface area contributed by atoms with Crippen molar-refractivity contribution in [2.75, 3.05) is 0 Å². The van der Waals surface area contributed by atoms with E-state index in [0.29, 0.717) is 22.4 Å². The number of thioether (sulfide) groups is 1. The lowest BCUT2D eigenvalue weighted by molar-refractivity contribution is -0.115. The molecule has 3 aromatic rings. The third kappa shape index (κ3) is 5.37. The van der Waals surface area contributed by atoms with E-state index in [4.69, 9.17) is 4.74 Å². The number of halogens is 2. The van der Waals surface area contributed by atoms with E-state index in [-0.39, 0.29) is 11.7 Å². The number of amidine groups is 1. The average molecular weight is 483 g/mol. The zero-order valence-corrected chi connectivity index (χ0v) is 18.0. The van der Waals surface area contributed by atoms with Gasteiger partial charge in [-0.05, 0) is 77.5 Å². The van der Waals surface area contributed by atoms with Gasteiger partial charge in [0.2, 0.25) is 0 Å². The van der Waals surface area contributed by atoms with Crippen LogP contribution in [0.4, 0.5) is 10.1 Å². The monoisotopic (exact) mass is 482 g/mol. The number of hydrogen-bond acceptors (Lipinski definition) is 4. The second-order valence-electron chi connectivity index (χ2n) is 6.44. The molecule has 0 atom stereocenters. The van der Waals surface area contributed by atoms with Crippen LogP contribution in [-0.2, 0) is 11.4 Å². The molecule has 3 aromatic carbocycles. The number of amides is 1. The van der Waals surface area contributed by atoms with E-state index in [2.05, 4.69) is 26.2 Å². The number of carbonyl (C=O) groups is 1. The first-order chi connectivity index (χ1) is 14.5. The van der Waals surface area contributed by atoms with Crippen LogP contribution in [-0.4, -0.2) is 11.1 Å². The van der Waals surface area contributed by atoms with Gasteiger partial charge in [-0.2, -0.15) is 0 Å². The van der Waals surface area contributed by atoms with Crippen LogP contribution in [0.25, 0.3) is 6.08 Å². The maximum Gasteiger partial charge on any atom is 0.264 e. The molecule has 0 radical (unpaired) electrons. The zero-order valence-electron chi connectivity index (χ0n) is 15.6. The van der Waals surface area contributed by atoms with Crippen LogP contribution in [0.1, 0.15) is 11.1 Å². The van der Waals surface area contributed by atoms with Crippen molar-refractivity contribution >= 4 is 50.5 Å². The molecule has 1 heterocycles. The van der Waals surface area contributed by atoms with Gasteiger partial charge in [-0.25, -0.2) is 9.38 Å². The Kier molecular flexibility index (Phi) is 6.30. The molecule has 1 fully saturated rings. The van der Waals surface area contributed by atoms with Crippen LogP contribution in [0.2, 0.25) is 0 Å². The standard InChI is InChI=1S/C23H16BrFN2O2S/c24-17-5-1-16(2-6-17)14-29-20-11-3-15(4-12-20)13-21-22(28)27-23(30-21)26-19-9-7-18(25)8-10-19/h1-13H,14H2,(H,26,27,28)/b21-13+. The van der Waals surface area contributed by atoms with Crippen molar-refractivity contribution in [2.24, 2.45) is 4.99 Å². The summed E-state index contributed by atoms with van der Waals surface area (Å²) in [6.07, 6.45) is 1.80. The van der Waals surface area contributed by atoms with E-state index in [1.54, 1.807) is 18.2 Å². The molecule has 1 amide bonds. The zero-order chi connectivity index (χ0) is 20.9. The summed E-state index contributed by atoms with van der Waals surface area (Å²) >= 11 is 4.66. The Bertz CT molecular complexity index is 1110. The van der Waals surface area contributed by atoms with Gasteiger partial charge in [-0.15, -0.1) is 0 Å². The molecule has 0 aromatic heterocycles. The van der Waals surface area contributed by atoms with Gasteiger partial charge in [0.1, 0.15) is 18.2 Å². The highest BCUT2D eigenvalue weighted by molar-refractivity contribution is 9.10. The highest BCUT2D eigenvalue weighted by atomic mass is 79.9. The summed E-state index contributed by atoms with van der Waals surface area (Å²) < 4.78 is 19.8. The molecule has 7 heteroatoms. The van der Waals surface area contributed by atoms with Gasteiger partial charge in [-0.1, -0.05) is 40.2 Å². The molecule has 4 rings (SSSR count). The third-order valence-electron chi connectivity index (χ3n) is 4.20. The Balaban J connectivity index is 1.39. The minimum Gasteiger partial charge on any atom is -0.489 e. The predicted octanol–water partition coefficient (Wildman–Crippen LogP) is 6.06. The number of hydrogen-bond donors (Lipinski definition) is 1. The molecule has 0 unspecified atom stereocenters. The first-order valence-corrected chi connectivity index (χ1v) is 10.7. The lowest BCUT2D eigenvalue weighted by atomic mass is 10.2. The maximum absolute atomic E-state index is 13.0. The lowest BCUT2D eigenvalue weighted by Gasteiger charge is -2.06. The fourth-order valence-corrected chi connectivity index (χ4v) is 3.78. The second kappa shape index (κ2) is 9.28. The molecule has 1 saturated heterocycles. The molecule has 150 valence electrons. The fourth-order valence-electron chi connectivity index (χ4n) is 2.67. The Morgan fingerprint density at radius 1 is 1.00 bits per heavy atom. The molecule has 1 aliphatic rings. The first-order valence-electron chi connectivity index (χ1n) is 9.08. The minimum absolute atomic E-state index is 0.212. The van der Waals surface area contributed by atoms with E-state index < -0.39 is 0 Å². The van der Waals surface area contributed by atoms with Gasteiger partial charge in [0.25, 0.3) is 5.91 Å². The van der Waals surface area contributed by atoms with Gasteiger partial charge in [0.05, 0.1) is 10.6 Å². The quantitative estimate of drug-likeness (QED) is 0.449. The van der Waals surface area contributed by atoms with Crippen molar-refractivity contribution in [3.8, 4) is 5.75 Å². The van der Waals surface area contributed by atoms with E-state index >= 15 is 0 Å². The summed E-state index contributed by atoms with van der Waals surface area (Å²) in [4.78, 5) is 17.1. The van der Waals surface area contributed by atoms with Crippen LogP contribution >= 0.6 is 27.7 Å². The van der Waals surface area contributed by atoms with E-state index in [1.165, 1.54) is 23.9 Å². The average Bonchev–Trinajstić information content (AvgIpc) is 3.09. The first kappa shape index (κ1) is 20.4. The summed E-state index contributed by atoms with van der Waals surface area (Å²) in [5, 5.41) is 3.19. The predicted molar refractivity (Wildman–Crippen MR) is 122 cm³/mol. The summed E-state index contributed by atoms with van der Waals surface area (Å²) in [6.45, 7) is 0.481. The Labute approximate surface area is 186 Å². The number of benzene rings is 3. The minimum atomic E-state index is -0.327. The molecule has 0 spiro atoms. The fraction of sp³-hybridized carbons (Fsp3) is 0.0435. The number of carbonyl (C=O) groups excluding carboxylic acids is 1. The van der Waals surface area contributed by atoms with Gasteiger partial charge in [0, 0.05) is 4.47 Å². The number of nitrogens with zero attached hydrogens (tertiary/aromatic N) is 1. The van der Waals surface area contributed by atoms with Gasteiger partial charge in [-0.3, -0.25) is 4.79 Å². The third-order valence-corrected chi connectivity index (χ3v) is 5.64. The lowest BCUT2D eigenvalue weighted by Crippen LogP contribution is -2.19. The van der Waals surface area contributed by atoms with Crippen molar-refractivity contribution in [1.82, 2.24) is 5.32 Å². The number of aliphatic imine (C=N–C) groups is 1. The number of ether oxygens (including phenoxy) is 1. The Morgan fingerprint density at radius 3 is 2.40 bits per heavy atom. The summed E-state index contributed by atoms with van der Waals surface area (Å²) in [7, 11) is 0.